The molecule has 1 amide bonds. The summed E-state index contributed by atoms with van der Waals surface area (Å²) in [7, 11) is 2.55. The van der Waals surface area contributed by atoms with Gasteiger partial charge in [0.25, 0.3) is 5.56 Å². The van der Waals surface area contributed by atoms with Crippen molar-refractivity contribution in [3.05, 3.63) is 57.9 Å². The lowest BCUT2D eigenvalue weighted by molar-refractivity contribution is -0.137. The molecule has 9 nitrogen and oxygen atoms in total. The first-order chi connectivity index (χ1) is 18.1. The van der Waals surface area contributed by atoms with Gasteiger partial charge in [0, 0.05) is 42.5 Å². The molecule has 1 saturated heterocycles. The quantitative estimate of drug-likeness (QED) is 0.535. The number of phenolic OH excluding ortho intramolecular Hbond substituents is 1. The molecule has 2 aliphatic rings. The van der Waals surface area contributed by atoms with Crippen molar-refractivity contribution in [2.45, 2.75) is 25.4 Å². The fourth-order valence-electron chi connectivity index (χ4n) is 5.03. The van der Waals surface area contributed by atoms with E-state index in [1.54, 1.807) is 6.07 Å². The van der Waals surface area contributed by atoms with Gasteiger partial charge in [-0.1, -0.05) is 0 Å². The van der Waals surface area contributed by atoms with E-state index in [1.807, 2.05) is 4.90 Å². The molecule has 0 atom stereocenters. The van der Waals surface area contributed by atoms with Gasteiger partial charge in [-0.15, -0.1) is 0 Å². The zero-order valence-electron chi connectivity index (χ0n) is 20.7. The first-order valence-corrected chi connectivity index (χ1v) is 12.0. The Hall–Kier alpha value is -4.22. The van der Waals surface area contributed by atoms with Gasteiger partial charge in [0.1, 0.15) is 17.2 Å². The van der Waals surface area contributed by atoms with Crippen molar-refractivity contribution < 1.29 is 32.5 Å². The molecule has 1 aromatic heterocycles. The number of aromatic hydroxyl groups is 1. The SMILES string of the molecule is COC(=O)N1CCc2c(-c3cc(O)cc(OC)c3)nn(-c3cc(N4CCCC4)ccc3C(F)(F)F)c(=O)c21. The van der Waals surface area contributed by atoms with Crippen molar-refractivity contribution >= 4 is 17.5 Å². The van der Waals surface area contributed by atoms with Crippen LogP contribution in [-0.4, -0.2) is 54.8 Å². The van der Waals surface area contributed by atoms with Gasteiger partial charge in [-0.05, 0) is 49.6 Å². The Morgan fingerprint density at radius 2 is 1.79 bits per heavy atom. The lowest BCUT2D eigenvalue weighted by Crippen LogP contribution is -2.35. The van der Waals surface area contributed by atoms with Crippen LogP contribution in [0, 0.1) is 0 Å². The Morgan fingerprint density at radius 1 is 1.05 bits per heavy atom. The van der Waals surface area contributed by atoms with E-state index in [-0.39, 0.29) is 35.8 Å². The lowest BCUT2D eigenvalue weighted by atomic mass is 10.0. The number of carbonyl (C=O) groups is 1. The van der Waals surface area contributed by atoms with Crippen molar-refractivity contribution in [1.82, 2.24) is 9.78 Å². The summed E-state index contributed by atoms with van der Waals surface area (Å²) in [5, 5.41) is 14.6. The fraction of sp³-hybridized carbons (Fsp3) is 0.346. The van der Waals surface area contributed by atoms with E-state index in [1.165, 1.54) is 31.4 Å². The number of rotatable bonds is 4. The van der Waals surface area contributed by atoms with Crippen LogP contribution in [0.4, 0.5) is 29.3 Å². The zero-order valence-corrected chi connectivity index (χ0v) is 20.7. The molecule has 3 aromatic rings. The highest BCUT2D eigenvalue weighted by molar-refractivity contribution is 5.92. The van der Waals surface area contributed by atoms with Crippen LogP contribution in [0.2, 0.25) is 0 Å². The fourth-order valence-corrected chi connectivity index (χ4v) is 5.03. The van der Waals surface area contributed by atoms with Gasteiger partial charge in [0.05, 0.1) is 31.2 Å². The Balaban J connectivity index is 1.82. The largest absolute Gasteiger partial charge is 0.508 e. The number of carbonyl (C=O) groups excluding carboxylic acids is 1. The zero-order chi connectivity index (χ0) is 27.2. The van der Waals surface area contributed by atoms with Crippen LogP contribution < -0.4 is 20.1 Å². The molecule has 1 N–H and O–H groups in total. The molecule has 0 aliphatic carbocycles. The van der Waals surface area contributed by atoms with E-state index >= 15 is 0 Å². The number of anilines is 2. The molecule has 38 heavy (non-hydrogen) atoms. The molecule has 0 radical (unpaired) electrons. The van der Waals surface area contributed by atoms with Crippen LogP contribution in [0.5, 0.6) is 11.5 Å². The number of nitrogens with zero attached hydrogens (tertiary/aromatic N) is 4. The van der Waals surface area contributed by atoms with Gasteiger partial charge in [0.15, 0.2) is 0 Å². The van der Waals surface area contributed by atoms with Gasteiger partial charge in [0.2, 0.25) is 0 Å². The molecule has 5 rings (SSSR count). The lowest BCUT2D eigenvalue weighted by Gasteiger charge is -2.22. The molecule has 200 valence electrons. The summed E-state index contributed by atoms with van der Waals surface area (Å²) in [5.41, 5.74) is -1.18. The molecular formula is C26H25F3N4O5. The van der Waals surface area contributed by atoms with Gasteiger partial charge >= 0.3 is 12.3 Å². The summed E-state index contributed by atoms with van der Waals surface area (Å²) in [6.45, 7) is 1.44. The molecule has 12 heteroatoms. The maximum atomic E-state index is 14.2. The number of benzene rings is 2. The minimum Gasteiger partial charge on any atom is -0.508 e. The van der Waals surface area contributed by atoms with Gasteiger partial charge in [-0.3, -0.25) is 9.69 Å². The molecule has 1 fully saturated rings. The molecule has 0 unspecified atom stereocenters. The molecule has 2 aromatic carbocycles. The van der Waals surface area contributed by atoms with Crippen LogP contribution in [0.15, 0.2) is 41.2 Å². The number of ether oxygens (including phenoxy) is 2. The number of hydrogen-bond acceptors (Lipinski definition) is 7. The number of halogens is 3. The number of fused-ring (bicyclic) bond motifs is 1. The third kappa shape index (κ3) is 4.39. The molecule has 0 bridgehead atoms. The second kappa shape index (κ2) is 9.58. The van der Waals surface area contributed by atoms with Crippen LogP contribution in [0.25, 0.3) is 16.9 Å². The first-order valence-electron chi connectivity index (χ1n) is 12.0. The predicted molar refractivity (Wildman–Crippen MR) is 133 cm³/mol. The van der Waals surface area contributed by atoms with Crippen molar-refractivity contribution in [1.29, 1.82) is 0 Å². The normalized spacial score (nSPS) is 15.1. The standard InChI is InChI=1S/C26H25F3N4O5/c1-37-18-12-15(11-17(34)14-18)22-19-7-10-32(25(36)38-2)23(19)24(35)33(30-22)21-13-16(31-8-3-4-9-31)5-6-20(21)26(27,28)29/h5-6,11-14,34H,3-4,7-10H2,1-2H3. The van der Waals surface area contributed by atoms with Crippen LogP contribution in [0.1, 0.15) is 24.0 Å². The van der Waals surface area contributed by atoms with Crippen molar-refractivity contribution in [2.75, 3.05) is 43.7 Å². The number of alkyl halides is 3. The Bertz CT molecular complexity index is 1460. The van der Waals surface area contributed by atoms with Crippen LogP contribution in [0.3, 0.4) is 0 Å². The van der Waals surface area contributed by atoms with Crippen molar-refractivity contribution in [2.24, 2.45) is 0 Å². The summed E-state index contributed by atoms with van der Waals surface area (Å²) < 4.78 is 53.3. The molecule has 0 saturated carbocycles. The summed E-state index contributed by atoms with van der Waals surface area (Å²) in [4.78, 5) is 29.3. The number of hydrogen-bond donors (Lipinski definition) is 1. The van der Waals surface area contributed by atoms with Crippen LogP contribution in [-0.2, 0) is 17.3 Å². The van der Waals surface area contributed by atoms with Gasteiger partial charge in [-0.2, -0.15) is 23.0 Å². The van der Waals surface area contributed by atoms with Gasteiger partial charge in [-0.25, -0.2) is 4.79 Å². The third-order valence-corrected chi connectivity index (χ3v) is 6.80. The highest BCUT2D eigenvalue weighted by atomic mass is 19.4. The smallest absolute Gasteiger partial charge is 0.418 e. The number of methoxy groups -OCH3 is 2. The molecule has 0 spiro atoms. The van der Waals surface area contributed by atoms with E-state index in [0.717, 1.165) is 30.9 Å². The Morgan fingerprint density at radius 3 is 2.45 bits per heavy atom. The van der Waals surface area contributed by atoms with E-state index < -0.39 is 29.1 Å². The maximum Gasteiger partial charge on any atom is 0.418 e. The number of amides is 1. The first kappa shape index (κ1) is 25.4. The summed E-state index contributed by atoms with van der Waals surface area (Å²) in [5.74, 6) is 0.116. The molecule has 2 aliphatic heterocycles. The number of phenols is 1. The van der Waals surface area contributed by atoms with E-state index in [2.05, 4.69) is 5.10 Å². The van der Waals surface area contributed by atoms with E-state index in [9.17, 15) is 27.9 Å². The topological polar surface area (TPSA) is 97.1 Å². The monoisotopic (exact) mass is 530 g/mol. The van der Waals surface area contributed by atoms with Crippen molar-refractivity contribution in [3.8, 4) is 28.4 Å². The maximum absolute atomic E-state index is 14.2. The van der Waals surface area contributed by atoms with Crippen molar-refractivity contribution in [3.63, 3.8) is 0 Å². The molecule has 3 heterocycles. The van der Waals surface area contributed by atoms with E-state index in [0.29, 0.717) is 34.6 Å². The summed E-state index contributed by atoms with van der Waals surface area (Å²) >= 11 is 0. The predicted octanol–water partition coefficient (Wildman–Crippen LogP) is 4.36. The average Bonchev–Trinajstić information content (AvgIpc) is 3.58. The Labute approximate surface area is 215 Å². The summed E-state index contributed by atoms with van der Waals surface area (Å²) in [6, 6.07) is 7.91. The summed E-state index contributed by atoms with van der Waals surface area (Å²) in [6.07, 6.45) is -3.58. The highest BCUT2D eigenvalue weighted by Gasteiger charge is 2.38. The minimum absolute atomic E-state index is 0.0752. The minimum atomic E-state index is -4.78. The second-order valence-corrected chi connectivity index (χ2v) is 9.08. The van der Waals surface area contributed by atoms with Crippen LogP contribution >= 0.6 is 0 Å². The van der Waals surface area contributed by atoms with E-state index in [4.69, 9.17) is 9.47 Å². The third-order valence-electron chi connectivity index (χ3n) is 6.80. The second-order valence-electron chi connectivity index (χ2n) is 9.08. The average molecular weight is 531 g/mol. The molecular weight excluding hydrogens is 505 g/mol. The van der Waals surface area contributed by atoms with Gasteiger partial charge < -0.3 is 19.5 Å². The number of aromatic nitrogens is 2. The Kier molecular flexibility index (Phi) is 6.41. The highest BCUT2D eigenvalue weighted by Crippen LogP contribution is 2.39.